The Morgan fingerprint density at radius 3 is 2.74 bits per heavy atom. The van der Waals surface area contributed by atoms with Crippen LogP contribution in [0, 0.1) is 5.82 Å². The van der Waals surface area contributed by atoms with Gasteiger partial charge in [0, 0.05) is 12.1 Å². The second-order valence-electron chi connectivity index (χ2n) is 4.02. The zero-order valence-corrected chi connectivity index (χ0v) is 11.4. The maximum absolute atomic E-state index is 13.5. The van der Waals surface area contributed by atoms with Gasteiger partial charge in [0.2, 0.25) is 5.91 Å². The van der Waals surface area contributed by atoms with Crippen molar-refractivity contribution in [2.75, 3.05) is 17.3 Å². The summed E-state index contributed by atoms with van der Waals surface area (Å²) in [5, 5.41) is 11.2. The van der Waals surface area contributed by atoms with E-state index in [1.54, 1.807) is 11.8 Å². The molecule has 0 saturated carbocycles. The number of hydrogen-bond acceptors (Lipinski definition) is 3. The average Bonchev–Trinajstić information content (AvgIpc) is 2.32. The number of nitrogens with one attached hydrogen (secondary N) is 1. The molecule has 0 aromatic heterocycles. The third kappa shape index (κ3) is 5.74. The van der Waals surface area contributed by atoms with E-state index in [1.165, 1.54) is 12.1 Å². The lowest BCUT2D eigenvalue weighted by molar-refractivity contribution is -0.136. The van der Waals surface area contributed by atoms with Crippen molar-refractivity contribution < 1.29 is 19.1 Å². The minimum atomic E-state index is -1.09. The molecule has 1 aromatic rings. The van der Waals surface area contributed by atoms with E-state index in [4.69, 9.17) is 5.11 Å². The number of carbonyl (C=O) groups is 2. The SMILES string of the molecule is CSCCCC(=O)Nc1ccc(CC(=O)O)c(F)c1. The molecule has 1 amide bonds. The molecule has 6 heteroatoms. The fourth-order valence-corrected chi connectivity index (χ4v) is 1.96. The van der Waals surface area contributed by atoms with Crippen molar-refractivity contribution in [3.8, 4) is 0 Å². The summed E-state index contributed by atoms with van der Waals surface area (Å²) in [6.07, 6.45) is 2.76. The number of thioether (sulfide) groups is 1. The monoisotopic (exact) mass is 285 g/mol. The van der Waals surface area contributed by atoms with Gasteiger partial charge in [-0.1, -0.05) is 6.07 Å². The van der Waals surface area contributed by atoms with Crippen molar-refractivity contribution in [3.05, 3.63) is 29.6 Å². The van der Waals surface area contributed by atoms with Gasteiger partial charge in [-0.2, -0.15) is 11.8 Å². The Morgan fingerprint density at radius 2 is 2.16 bits per heavy atom. The minimum Gasteiger partial charge on any atom is -0.481 e. The Kier molecular flexibility index (Phi) is 6.35. The van der Waals surface area contributed by atoms with Gasteiger partial charge in [-0.15, -0.1) is 0 Å². The summed E-state index contributed by atoms with van der Waals surface area (Å²) in [6, 6.07) is 4.03. The lowest BCUT2D eigenvalue weighted by Gasteiger charge is -2.07. The number of rotatable bonds is 7. The zero-order chi connectivity index (χ0) is 14.3. The van der Waals surface area contributed by atoms with E-state index >= 15 is 0 Å². The molecule has 1 rings (SSSR count). The minimum absolute atomic E-state index is 0.105. The van der Waals surface area contributed by atoms with Gasteiger partial charge in [-0.3, -0.25) is 9.59 Å². The summed E-state index contributed by atoms with van der Waals surface area (Å²) < 4.78 is 13.5. The summed E-state index contributed by atoms with van der Waals surface area (Å²) in [5.74, 6) is -0.976. The Hall–Kier alpha value is -1.56. The molecule has 0 aliphatic carbocycles. The smallest absolute Gasteiger partial charge is 0.307 e. The van der Waals surface area contributed by atoms with E-state index in [1.807, 2.05) is 6.26 Å². The second kappa shape index (κ2) is 7.78. The summed E-state index contributed by atoms with van der Waals surface area (Å²) in [7, 11) is 0. The molecule has 0 unspecified atom stereocenters. The average molecular weight is 285 g/mol. The van der Waals surface area contributed by atoms with E-state index in [2.05, 4.69) is 5.32 Å². The van der Waals surface area contributed by atoms with Gasteiger partial charge in [0.05, 0.1) is 6.42 Å². The van der Waals surface area contributed by atoms with Crippen molar-refractivity contribution in [2.24, 2.45) is 0 Å². The third-order valence-corrected chi connectivity index (χ3v) is 3.13. The van der Waals surface area contributed by atoms with Crippen molar-refractivity contribution in [3.63, 3.8) is 0 Å². The number of carboxylic acid groups (broad SMARTS) is 1. The molecule has 0 spiro atoms. The highest BCUT2D eigenvalue weighted by Gasteiger charge is 2.09. The number of hydrogen-bond donors (Lipinski definition) is 2. The van der Waals surface area contributed by atoms with Gasteiger partial charge in [0.1, 0.15) is 5.82 Å². The number of benzene rings is 1. The van der Waals surface area contributed by atoms with E-state index in [-0.39, 0.29) is 17.9 Å². The number of carboxylic acids is 1. The lowest BCUT2D eigenvalue weighted by atomic mass is 10.1. The molecular weight excluding hydrogens is 269 g/mol. The van der Waals surface area contributed by atoms with Crippen LogP contribution < -0.4 is 5.32 Å². The molecular formula is C13H16FNO3S. The van der Waals surface area contributed by atoms with Crippen LogP contribution in [0.25, 0.3) is 0 Å². The van der Waals surface area contributed by atoms with Crippen LogP contribution in [-0.4, -0.2) is 29.0 Å². The standard InChI is InChI=1S/C13H16FNO3S/c1-19-6-2-3-12(16)15-10-5-4-9(7-13(17)18)11(14)8-10/h4-5,8H,2-3,6-7H2,1H3,(H,15,16)(H,17,18). The Bertz CT molecular complexity index is 465. The lowest BCUT2D eigenvalue weighted by Crippen LogP contribution is -2.12. The Morgan fingerprint density at radius 1 is 1.42 bits per heavy atom. The molecule has 0 aliphatic heterocycles. The number of halogens is 1. The first kappa shape index (κ1) is 15.5. The van der Waals surface area contributed by atoms with Gasteiger partial charge < -0.3 is 10.4 Å². The van der Waals surface area contributed by atoms with Crippen LogP contribution in [0.5, 0.6) is 0 Å². The summed E-state index contributed by atoms with van der Waals surface area (Å²) >= 11 is 1.66. The molecule has 0 saturated heterocycles. The molecule has 0 bridgehead atoms. The highest BCUT2D eigenvalue weighted by molar-refractivity contribution is 7.98. The van der Waals surface area contributed by atoms with Crippen LogP contribution in [-0.2, 0) is 16.0 Å². The molecule has 19 heavy (non-hydrogen) atoms. The first-order chi connectivity index (χ1) is 9.02. The molecule has 104 valence electrons. The predicted octanol–water partition coefficient (Wildman–Crippen LogP) is 2.53. The van der Waals surface area contributed by atoms with Crippen molar-refractivity contribution in [1.82, 2.24) is 0 Å². The molecule has 0 aliphatic rings. The largest absolute Gasteiger partial charge is 0.481 e. The normalized spacial score (nSPS) is 10.2. The van der Waals surface area contributed by atoms with E-state index in [0.717, 1.165) is 18.2 Å². The van der Waals surface area contributed by atoms with Crippen LogP contribution in [0.1, 0.15) is 18.4 Å². The van der Waals surface area contributed by atoms with Gasteiger partial charge in [0.25, 0.3) is 0 Å². The van der Waals surface area contributed by atoms with Crippen LogP contribution in [0.4, 0.5) is 10.1 Å². The second-order valence-corrected chi connectivity index (χ2v) is 5.01. The maximum Gasteiger partial charge on any atom is 0.307 e. The molecule has 0 fully saturated rings. The van der Waals surface area contributed by atoms with Gasteiger partial charge in [0.15, 0.2) is 0 Å². The molecule has 0 atom stereocenters. The quantitative estimate of drug-likeness (QED) is 0.756. The first-order valence-corrected chi connectivity index (χ1v) is 7.21. The Balaban J connectivity index is 2.58. The zero-order valence-electron chi connectivity index (χ0n) is 10.6. The van der Waals surface area contributed by atoms with Gasteiger partial charge in [-0.25, -0.2) is 4.39 Å². The summed E-state index contributed by atoms with van der Waals surface area (Å²) in [5.41, 5.74) is 0.452. The molecule has 0 radical (unpaired) electrons. The van der Waals surface area contributed by atoms with Crippen LogP contribution in [0.15, 0.2) is 18.2 Å². The number of carbonyl (C=O) groups excluding carboxylic acids is 1. The van der Waals surface area contributed by atoms with Crippen LogP contribution in [0.3, 0.4) is 0 Å². The molecule has 1 aromatic carbocycles. The summed E-state index contributed by atoms with van der Waals surface area (Å²) in [6.45, 7) is 0. The number of aliphatic carboxylic acids is 1. The van der Waals surface area contributed by atoms with Gasteiger partial charge >= 0.3 is 5.97 Å². The van der Waals surface area contributed by atoms with Crippen molar-refractivity contribution in [1.29, 1.82) is 0 Å². The number of anilines is 1. The van der Waals surface area contributed by atoms with E-state index in [0.29, 0.717) is 12.1 Å². The molecule has 0 heterocycles. The first-order valence-electron chi connectivity index (χ1n) is 5.82. The topological polar surface area (TPSA) is 66.4 Å². The highest BCUT2D eigenvalue weighted by atomic mass is 32.2. The van der Waals surface area contributed by atoms with Crippen LogP contribution in [0.2, 0.25) is 0 Å². The predicted molar refractivity (Wildman–Crippen MR) is 74.0 cm³/mol. The fourth-order valence-electron chi connectivity index (χ4n) is 1.53. The van der Waals surface area contributed by atoms with Crippen molar-refractivity contribution >= 4 is 29.3 Å². The Labute approximate surface area is 115 Å². The molecule has 2 N–H and O–H groups in total. The fraction of sp³-hybridized carbons (Fsp3) is 0.385. The highest BCUT2D eigenvalue weighted by Crippen LogP contribution is 2.15. The van der Waals surface area contributed by atoms with Gasteiger partial charge in [-0.05, 0) is 36.1 Å². The number of amides is 1. The van der Waals surface area contributed by atoms with E-state index in [9.17, 15) is 14.0 Å². The van der Waals surface area contributed by atoms with Crippen molar-refractivity contribution in [2.45, 2.75) is 19.3 Å². The van der Waals surface area contributed by atoms with E-state index < -0.39 is 11.8 Å². The third-order valence-electron chi connectivity index (χ3n) is 2.43. The van der Waals surface area contributed by atoms with Crippen LogP contribution >= 0.6 is 11.8 Å². The summed E-state index contributed by atoms with van der Waals surface area (Å²) in [4.78, 5) is 22.0. The maximum atomic E-state index is 13.5. The molecule has 4 nitrogen and oxygen atoms in total.